The molecule has 1 aliphatic rings. The molecule has 0 saturated heterocycles. The second kappa shape index (κ2) is 5.14. The average Bonchev–Trinajstić information content (AvgIpc) is 2.73. The first kappa shape index (κ1) is 13.5. The molecular weight excluding hydrogens is 266 g/mol. The van der Waals surface area contributed by atoms with Crippen molar-refractivity contribution < 1.29 is 14.7 Å². The zero-order valence-corrected chi connectivity index (χ0v) is 11.6. The Bertz CT molecular complexity index is 709. The molecule has 21 heavy (non-hydrogen) atoms. The molecule has 0 bridgehead atoms. The van der Waals surface area contributed by atoms with Crippen molar-refractivity contribution in [2.75, 3.05) is 6.54 Å². The average molecular weight is 281 g/mol. The van der Waals surface area contributed by atoms with Gasteiger partial charge in [0.1, 0.15) is 0 Å². The normalized spacial score (nSPS) is 15.2. The quantitative estimate of drug-likeness (QED) is 0.878. The fourth-order valence-corrected chi connectivity index (χ4v) is 2.52. The first-order valence-corrected chi connectivity index (χ1v) is 6.78. The molecule has 106 valence electrons. The lowest BCUT2D eigenvalue weighted by atomic mass is 10.1. The summed E-state index contributed by atoms with van der Waals surface area (Å²) in [4.78, 5) is 25.7. The lowest BCUT2D eigenvalue weighted by Crippen LogP contribution is -2.33. The smallest absolute Gasteiger partial charge is 0.261 e. The highest BCUT2D eigenvalue weighted by Crippen LogP contribution is 2.26. The molecule has 2 aromatic rings. The van der Waals surface area contributed by atoms with E-state index in [1.54, 1.807) is 30.3 Å². The molecule has 1 aliphatic heterocycles. The number of rotatable bonds is 3. The third-order valence-electron chi connectivity index (χ3n) is 3.67. The summed E-state index contributed by atoms with van der Waals surface area (Å²) in [6.45, 7) is 1.84. The Kier molecular flexibility index (Phi) is 3.31. The Balaban J connectivity index is 1.85. The largest absolute Gasteiger partial charge is 0.387 e. The molecule has 0 spiro atoms. The van der Waals surface area contributed by atoms with Crippen LogP contribution >= 0.6 is 0 Å². The van der Waals surface area contributed by atoms with Crippen LogP contribution in [0.25, 0.3) is 0 Å². The second-order valence-electron chi connectivity index (χ2n) is 5.20. The van der Waals surface area contributed by atoms with Crippen LogP contribution in [0.2, 0.25) is 0 Å². The van der Waals surface area contributed by atoms with Gasteiger partial charge in [0.05, 0.1) is 23.8 Å². The standard InChI is InChI=1S/C17H15NO3/c1-11-7-8-13-14(9-11)17(21)18(16(13)20)10-15(19)12-5-3-2-4-6-12/h2-9,15,19H,10H2,1H3. The Morgan fingerprint density at radius 1 is 1.00 bits per heavy atom. The molecule has 1 N–H and O–H groups in total. The lowest BCUT2D eigenvalue weighted by molar-refractivity contribution is 0.0543. The fraction of sp³-hybridized carbons (Fsp3) is 0.176. The highest BCUT2D eigenvalue weighted by molar-refractivity contribution is 6.21. The van der Waals surface area contributed by atoms with Gasteiger partial charge in [0, 0.05) is 0 Å². The summed E-state index contributed by atoms with van der Waals surface area (Å²) >= 11 is 0. The van der Waals surface area contributed by atoms with Crippen LogP contribution in [0, 0.1) is 6.92 Å². The number of nitrogens with zero attached hydrogens (tertiary/aromatic N) is 1. The van der Waals surface area contributed by atoms with Crippen molar-refractivity contribution in [1.82, 2.24) is 4.90 Å². The predicted octanol–water partition coefficient (Wildman–Crippen LogP) is 2.32. The van der Waals surface area contributed by atoms with Gasteiger partial charge in [-0.15, -0.1) is 0 Å². The fourth-order valence-electron chi connectivity index (χ4n) is 2.52. The first-order chi connectivity index (χ1) is 10.1. The molecule has 3 rings (SSSR count). The number of amides is 2. The number of β-amino-alcohol motifs (C(OH)–C–C–N with tert-alkyl or cyclic N) is 1. The van der Waals surface area contributed by atoms with Crippen molar-refractivity contribution in [3.8, 4) is 0 Å². The number of carbonyl (C=O) groups excluding carboxylic acids is 2. The maximum Gasteiger partial charge on any atom is 0.261 e. The van der Waals surface area contributed by atoms with E-state index >= 15 is 0 Å². The molecule has 1 atom stereocenters. The molecular formula is C17H15NO3. The maximum absolute atomic E-state index is 12.3. The lowest BCUT2D eigenvalue weighted by Gasteiger charge is -2.18. The summed E-state index contributed by atoms with van der Waals surface area (Å²) in [5.74, 6) is -0.682. The van der Waals surface area contributed by atoms with Crippen LogP contribution < -0.4 is 0 Å². The summed E-state index contributed by atoms with van der Waals surface area (Å²) in [5, 5.41) is 10.2. The number of carbonyl (C=O) groups is 2. The topological polar surface area (TPSA) is 57.6 Å². The Morgan fingerprint density at radius 3 is 2.38 bits per heavy atom. The van der Waals surface area contributed by atoms with Crippen LogP contribution in [0.3, 0.4) is 0 Å². The van der Waals surface area contributed by atoms with E-state index in [4.69, 9.17) is 0 Å². The highest BCUT2D eigenvalue weighted by atomic mass is 16.3. The van der Waals surface area contributed by atoms with Crippen molar-refractivity contribution in [2.24, 2.45) is 0 Å². The van der Waals surface area contributed by atoms with Crippen molar-refractivity contribution in [3.05, 3.63) is 70.8 Å². The van der Waals surface area contributed by atoms with Gasteiger partial charge in [0.15, 0.2) is 0 Å². The van der Waals surface area contributed by atoms with E-state index < -0.39 is 6.10 Å². The molecule has 0 fully saturated rings. The Hall–Kier alpha value is -2.46. The first-order valence-electron chi connectivity index (χ1n) is 6.78. The van der Waals surface area contributed by atoms with Gasteiger partial charge in [-0.3, -0.25) is 14.5 Å². The number of aliphatic hydroxyl groups excluding tert-OH is 1. The number of aryl methyl sites for hydroxylation is 1. The van der Waals surface area contributed by atoms with Crippen LogP contribution in [0.5, 0.6) is 0 Å². The molecule has 1 heterocycles. The van der Waals surface area contributed by atoms with E-state index in [-0.39, 0.29) is 18.4 Å². The van der Waals surface area contributed by atoms with E-state index in [1.807, 2.05) is 25.1 Å². The number of aliphatic hydroxyl groups is 1. The highest BCUT2D eigenvalue weighted by Gasteiger charge is 2.36. The van der Waals surface area contributed by atoms with Crippen LogP contribution in [0.4, 0.5) is 0 Å². The summed E-state index contributed by atoms with van der Waals surface area (Å²) in [7, 11) is 0. The molecule has 0 saturated carbocycles. The number of hydrogen-bond donors (Lipinski definition) is 1. The van der Waals surface area contributed by atoms with E-state index in [0.717, 1.165) is 10.5 Å². The maximum atomic E-state index is 12.3. The van der Waals surface area contributed by atoms with Crippen LogP contribution in [0.1, 0.15) is 37.9 Å². The van der Waals surface area contributed by atoms with Crippen molar-refractivity contribution >= 4 is 11.8 Å². The minimum absolute atomic E-state index is 0.0323. The van der Waals surface area contributed by atoms with Gasteiger partial charge in [-0.1, -0.05) is 42.0 Å². The Labute approximate surface area is 122 Å². The van der Waals surface area contributed by atoms with E-state index in [1.165, 1.54) is 0 Å². The van der Waals surface area contributed by atoms with Gasteiger partial charge in [-0.05, 0) is 24.6 Å². The van der Waals surface area contributed by atoms with Crippen LogP contribution in [0.15, 0.2) is 48.5 Å². The Morgan fingerprint density at radius 2 is 1.67 bits per heavy atom. The van der Waals surface area contributed by atoms with Gasteiger partial charge in [0.2, 0.25) is 0 Å². The number of imide groups is 1. The molecule has 2 aromatic carbocycles. The van der Waals surface area contributed by atoms with Gasteiger partial charge in [-0.25, -0.2) is 0 Å². The van der Waals surface area contributed by atoms with Gasteiger partial charge in [-0.2, -0.15) is 0 Å². The SMILES string of the molecule is Cc1ccc2c(c1)C(=O)N(CC(O)c1ccccc1)C2=O. The van der Waals surface area contributed by atoms with Crippen molar-refractivity contribution in [1.29, 1.82) is 0 Å². The number of fused-ring (bicyclic) bond motifs is 1. The zero-order valence-electron chi connectivity index (χ0n) is 11.6. The van der Waals surface area contributed by atoms with E-state index in [2.05, 4.69) is 0 Å². The number of benzene rings is 2. The molecule has 0 radical (unpaired) electrons. The minimum Gasteiger partial charge on any atom is -0.387 e. The second-order valence-corrected chi connectivity index (χ2v) is 5.20. The summed E-state index contributed by atoms with van der Waals surface area (Å²) in [6, 6.07) is 14.2. The third kappa shape index (κ3) is 2.34. The van der Waals surface area contributed by atoms with E-state index in [9.17, 15) is 14.7 Å². The monoisotopic (exact) mass is 281 g/mol. The van der Waals surface area contributed by atoms with E-state index in [0.29, 0.717) is 16.7 Å². The molecule has 4 nitrogen and oxygen atoms in total. The molecule has 4 heteroatoms. The van der Waals surface area contributed by atoms with Crippen molar-refractivity contribution in [2.45, 2.75) is 13.0 Å². The summed E-state index contributed by atoms with van der Waals surface area (Å²) in [6.07, 6.45) is -0.880. The van der Waals surface area contributed by atoms with Crippen molar-refractivity contribution in [3.63, 3.8) is 0 Å². The predicted molar refractivity (Wildman–Crippen MR) is 77.9 cm³/mol. The zero-order chi connectivity index (χ0) is 15.0. The minimum atomic E-state index is -0.880. The molecule has 0 aromatic heterocycles. The summed E-state index contributed by atoms with van der Waals surface area (Å²) < 4.78 is 0. The van der Waals surface area contributed by atoms with Gasteiger partial charge >= 0.3 is 0 Å². The van der Waals surface area contributed by atoms with Gasteiger partial charge in [0.25, 0.3) is 11.8 Å². The summed E-state index contributed by atoms with van der Waals surface area (Å²) in [5.41, 5.74) is 2.44. The molecule has 1 unspecified atom stereocenters. The third-order valence-corrected chi connectivity index (χ3v) is 3.67. The number of hydrogen-bond acceptors (Lipinski definition) is 3. The van der Waals surface area contributed by atoms with Crippen LogP contribution in [-0.2, 0) is 0 Å². The van der Waals surface area contributed by atoms with Crippen LogP contribution in [-0.4, -0.2) is 28.4 Å². The molecule has 2 amide bonds. The molecule has 0 aliphatic carbocycles. The van der Waals surface area contributed by atoms with Gasteiger partial charge < -0.3 is 5.11 Å².